The van der Waals surface area contributed by atoms with Gasteiger partial charge < -0.3 is 19.8 Å². The number of amides is 1. The van der Waals surface area contributed by atoms with E-state index < -0.39 is 20.0 Å². The Hall–Kier alpha value is -1.80. The van der Waals surface area contributed by atoms with Crippen LogP contribution in [0.5, 0.6) is 0 Å². The maximum Gasteiger partial charge on any atom is 0.472 e. The van der Waals surface area contributed by atoms with Crippen LogP contribution in [0.1, 0.15) is 322 Å². The summed E-state index contributed by atoms with van der Waals surface area (Å²) in [5.41, 5.74) is 0. The lowest BCUT2D eigenvalue weighted by Gasteiger charge is -2.25. The predicted molar refractivity (Wildman–Crippen MR) is 341 cm³/mol. The second-order valence-electron chi connectivity index (χ2n) is 24.2. The number of rotatable bonds is 62. The normalized spacial score (nSPS) is 14.1. The number of aliphatic hydroxyl groups is 1. The van der Waals surface area contributed by atoms with Gasteiger partial charge in [-0.3, -0.25) is 13.8 Å². The Kier molecular flexibility index (Phi) is 58.4. The molecule has 0 bridgehead atoms. The van der Waals surface area contributed by atoms with E-state index in [-0.39, 0.29) is 19.1 Å². The van der Waals surface area contributed by atoms with Crippen LogP contribution >= 0.6 is 7.82 Å². The third kappa shape index (κ3) is 61.8. The Morgan fingerprint density at radius 2 is 0.744 bits per heavy atom. The largest absolute Gasteiger partial charge is 0.472 e. The number of phosphoric ester groups is 1. The molecule has 3 unspecified atom stereocenters. The van der Waals surface area contributed by atoms with Crippen LogP contribution in [0.4, 0.5) is 0 Å². The second-order valence-corrected chi connectivity index (χ2v) is 25.6. The first kappa shape index (κ1) is 76.2. The third-order valence-electron chi connectivity index (χ3n) is 15.2. The Morgan fingerprint density at radius 1 is 0.436 bits per heavy atom. The molecule has 0 aliphatic rings. The van der Waals surface area contributed by atoms with Gasteiger partial charge in [0.2, 0.25) is 5.91 Å². The fraction of sp³-hybridized carbons (Fsp3) is 0.841. The van der Waals surface area contributed by atoms with Crippen molar-refractivity contribution in [2.45, 2.75) is 334 Å². The van der Waals surface area contributed by atoms with Crippen LogP contribution in [-0.2, 0) is 18.4 Å². The van der Waals surface area contributed by atoms with Crippen LogP contribution in [-0.4, -0.2) is 73.4 Å². The Labute approximate surface area is 485 Å². The molecule has 0 heterocycles. The minimum Gasteiger partial charge on any atom is -0.387 e. The summed E-state index contributed by atoms with van der Waals surface area (Å²) in [5, 5.41) is 13.9. The number of allylic oxidation sites excluding steroid dienone is 9. The average Bonchev–Trinajstić information content (AvgIpc) is 3.41. The van der Waals surface area contributed by atoms with Crippen molar-refractivity contribution in [1.82, 2.24) is 5.32 Å². The molecule has 0 aromatic rings. The molecule has 0 aliphatic carbocycles. The van der Waals surface area contributed by atoms with Gasteiger partial charge in [0, 0.05) is 6.42 Å². The van der Waals surface area contributed by atoms with Gasteiger partial charge in [0.25, 0.3) is 0 Å². The molecule has 0 aliphatic heterocycles. The van der Waals surface area contributed by atoms with Crippen molar-refractivity contribution in [2.75, 3.05) is 40.9 Å². The minimum atomic E-state index is -4.36. The predicted octanol–water partition coefficient (Wildman–Crippen LogP) is 21.2. The fourth-order valence-corrected chi connectivity index (χ4v) is 10.7. The maximum atomic E-state index is 13.0. The lowest BCUT2D eigenvalue weighted by atomic mass is 10.0. The number of hydrogen-bond acceptors (Lipinski definition) is 5. The molecular weight excluding hydrogens is 984 g/mol. The maximum absolute atomic E-state index is 13.0. The summed E-state index contributed by atoms with van der Waals surface area (Å²) in [6.07, 6.45) is 82.4. The topological polar surface area (TPSA) is 105 Å². The number of likely N-dealkylation sites (N-methyl/N-ethyl adjacent to an activating group) is 1. The summed E-state index contributed by atoms with van der Waals surface area (Å²) in [6.45, 7) is 4.81. The first-order valence-corrected chi connectivity index (χ1v) is 35.2. The SMILES string of the molecule is CCCCCCCCC/C=C/CC/C=C/CC/C=C/C(O)C(COP(=O)(O)OCC[N+](C)(C)C)NC(=O)CCCCCCCCCCCCCCCCCCC/C=C\C/C=C\CCCCCCCCCCCCCCCCC. The highest BCUT2D eigenvalue weighted by molar-refractivity contribution is 7.47. The average molecular weight is 1120 g/mol. The van der Waals surface area contributed by atoms with E-state index in [2.05, 4.69) is 67.8 Å². The molecule has 0 radical (unpaired) electrons. The molecule has 0 saturated heterocycles. The first-order valence-electron chi connectivity index (χ1n) is 33.7. The molecule has 0 aromatic heterocycles. The summed E-state index contributed by atoms with van der Waals surface area (Å²) in [5.74, 6) is -0.188. The lowest BCUT2D eigenvalue weighted by molar-refractivity contribution is -0.870. The van der Waals surface area contributed by atoms with E-state index in [0.29, 0.717) is 17.4 Å². The molecular formula is C69H132N2O6P+. The lowest BCUT2D eigenvalue weighted by Crippen LogP contribution is -2.45. The van der Waals surface area contributed by atoms with E-state index in [1.54, 1.807) is 6.08 Å². The molecule has 78 heavy (non-hydrogen) atoms. The number of aliphatic hydroxyl groups excluding tert-OH is 1. The standard InChI is InChI=1S/C69H131N2O6P/c1-6-8-10-12-14-16-18-20-22-24-25-26-27-28-29-30-31-32-33-34-35-36-37-38-39-40-41-42-43-44-45-47-49-51-53-55-57-59-61-63-69(73)70-67(66-77-78(74,75)76-65-64-71(3,4)5)68(72)62-60-58-56-54-52-50-48-46-23-21-19-17-15-13-11-9-7-2/h23,31-32,34-35,46,52,54,60,62,67-68,72H,6-22,24-30,33,36-45,47-51,53,55-59,61,63-66H2,1-5H3,(H-,70,73,74,75)/p+1/b32-31-,35-34-,46-23+,54-52+,62-60+. The Bertz CT molecular complexity index is 1450. The number of hydrogen-bond donors (Lipinski definition) is 3. The molecule has 8 nitrogen and oxygen atoms in total. The van der Waals surface area contributed by atoms with Crippen molar-refractivity contribution in [3.05, 3.63) is 60.8 Å². The number of phosphoric acid groups is 1. The van der Waals surface area contributed by atoms with Crippen molar-refractivity contribution in [3.8, 4) is 0 Å². The number of quaternary nitrogens is 1. The number of carbonyl (C=O) groups is 1. The third-order valence-corrected chi connectivity index (χ3v) is 16.2. The summed E-state index contributed by atoms with van der Waals surface area (Å²) in [7, 11) is 1.55. The number of unbranched alkanes of at least 4 members (excludes halogenated alkanes) is 41. The van der Waals surface area contributed by atoms with Crippen molar-refractivity contribution in [1.29, 1.82) is 0 Å². The van der Waals surface area contributed by atoms with E-state index in [4.69, 9.17) is 9.05 Å². The van der Waals surface area contributed by atoms with Crippen molar-refractivity contribution < 1.29 is 32.9 Å². The van der Waals surface area contributed by atoms with E-state index >= 15 is 0 Å². The van der Waals surface area contributed by atoms with Crippen LogP contribution in [0.3, 0.4) is 0 Å². The van der Waals surface area contributed by atoms with Crippen molar-refractivity contribution in [3.63, 3.8) is 0 Å². The highest BCUT2D eigenvalue weighted by Gasteiger charge is 2.28. The van der Waals surface area contributed by atoms with E-state index in [9.17, 15) is 19.4 Å². The van der Waals surface area contributed by atoms with Gasteiger partial charge in [0.15, 0.2) is 0 Å². The van der Waals surface area contributed by atoms with Crippen molar-refractivity contribution in [2.24, 2.45) is 0 Å². The second kappa shape index (κ2) is 59.8. The molecule has 9 heteroatoms. The minimum absolute atomic E-state index is 0.0529. The van der Waals surface area contributed by atoms with E-state index in [0.717, 1.165) is 51.4 Å². The van der Waals surface area contributed by atoms with Gasteiger partial charge in [-0.15, -0.1) is 0 Å². The van der Waals surface area contributed by atoms with Crippen LogP contribution in [0.2, 0.25) is 0 Å². The van der Waals surface area contributed by atoms with E-state index in [1.807, 2.05) is 27.2 Å². The Balaban J connectivity index is 3.98. The molecule has 458 valence electrons. The van der Waals surface area contributed by atoms with Gasteiger partial charge in [0.1, 0.15) is 13.2 Å². The Morgan fingerprint density at radius 3 is 1.10 bits per heavy atom. The van der Waals surface area contributed by atoms with Crippen LogP contribution in [0.15, 0.2) is 60.8 Å². The summed E-state index contributed by atoms with van der Waals surface area (Å²) in [4.78, 5) is 23.3. The van der Waals surface area contributed by atoms with Gasteiger partial charge in [-0.25, -0.2) is 4.57 Å². The van der Waals surface area contributed by atoms with E-state index in [1.165, 1.54) is 250 Å². The molecule has 0 aromatic carbocycles. The van der Waals surface area contributed by atoms with Gasteiger partial charge >= 0.3 is 7.82 Å². The fourth-order valence-electron chi connectivity index (χ4n) is 9.93. The monoisotopic (exact) mass is 1120 g/mol. The summed E-state index contributed by atoms with van der Waals surface area (Å²) in [6, 6.07) is -0.871. The number of nitrogens with zero attached hydrogens (tertiary/aromatic N) is 1. The van der Waals surface area contributed by atoms with Crippen LogP contribution in [0.25, 0.3) is 0 Å². The van der Waals surface area contributed by atoms with Gasteiger partial charge in [-0.05, 0) is 77.0 Å². The molecule has 1 amide bonds. The molecule has 3 atom stereocenters. The zero-order valence-corrected chi connectivity index (χ0v) is 53.3. The van der Waals surface area contributed by atoms with Crippen LogP contribution in [0, 0.1) is 0 Å². The first-order chi connectivity index (χ1) is 38.0. The van der Waals surface area contributed by atoms with Gasteiger partial charge in [0.05, 0.1) is 39.9 Å². The number of nitrogens with one attached hydrogen (secondary N) is 1. The quantitative estimate of drug-likeness (QED) is 0.0243. The van der Waals surface area contributed by atoms with Gasteiger partial charge in [-0.1, -0.05) is 299 Å². The molecule has 3 N–H and O–H groups in total. The highest BCUT2D eigenvalue weighted by Crippen LogP contribution is 2.43. The molecule has 0 fully saturated rings. The zero-order chi connectivity index (χ0) is 57.0. The molecule has 0 spiro atoms. The summed E-state index contributed by atoms with van der Waals surface area (Å²) < 4.78 is 23.7. The molecule has 0 rings (SSSR count). The number of carbonyl (C=O) groups excluding carboxylic acids is 1. The molecule has 0 saturated carbocycles. The summed E-state index contributed by atoms with van der Waals surface area (Å²) >= 11 is 0. The smallest absolute Gasteiger partial charge is 0.387 e. The van der Waals surface area contributed by atoms with Crippen LogP contribution < -0.4 is 5.32 Å². The van der Waals surface area contributed by atoms with Gasteiger partial charge in [-0.2, -0.15) is 0 Å². The van der Waals surface area contributed by atoms with Crippen molar-refractivity contribution >= 4 is 13.7 Å². The highest BCUT2D eigenvalue weighted by atomic mass is 31.2. The zero-order valence-electron chi connectivity index (χ0n) is 52.4.